The van der Waals surface area contributed by atoms with Gasteiger partial charge >= 0.3 is 5.97 Å². The number of nitrogens with zero attached hydrogens (tertiary/aromatic N) is 2. The summed E-state index contributed by atoms with van der Waals surface area (Å²) in [7, 11) is 0. The Morgan fingerprint density at radius 1 is 1.03 bits per heavy atom. The third-order valence-corrected chi connectivity index (χ3v) is 5.30. The topological polar surface area (TPSA) is 84.2 Å². The van der Waals surface area contributed by atoms with E-state index in [0.29, 0.717) is 0 Å². The maximum atomic E-state index is 12.4. The Morgan fingerprint density at radius 2 is 1.77 bits per heavy atom. The quantitative estimate of drug-likeness (QED) is 0.490. The number of benzene rings is 2. The summed E-state index contributed by atoms with van der Waals surface area (Å²) in [6.07, 6.45) is 3.67. The molecule has 0 saturated carbocycles. The van der Waals surface area contributed by atoms with E-state index in [9.17, 15) is 9.59 Å². The van der Waals surface area contributed by atoms with Gasteiger partial charge in [-0.05, 0) is 37.5 Å². The molecule has 1 atom stereocenters. The number of hydrogen-bond acceptors (Lipinski definition) is 3. The summed E-state index contributed by atoms with van der Waals surface area (Å²) in [5, 5.41) is 13.5. The molecule has 152 valence electrons. The van der Waals surface area contributed by atoms with Gasteiger partial charge in [-0.25, -0.2) is 4.98 Å². The van der Waals surface area contributed by atoms with Crippen molar-refractivity contribution in [1.29, 1.82) is 0 Å². The molecule has 0 aliphatic heterocycles. The van der Waals surface area contributed by atoms with Crippen LogP contribution >= 0.6 is 0 Å². The molecule has 6 nitrogen and oxygen atoms in total. The van der Waals surface area contributed by atoms with Crippen molar-refractivity contribution in [2.75, 3.05) is 0 Å². The van der Waals surface area contributed by atoms with Crippen LogP contribution in [0.25, 0.3) is 21.8 Å². The fraction of sp³-hybridized carbons (Fsp3) is 0.208. The van der Waals surface area contributed by atoms with E-state index in [4.69, 9.17) is 5.11 Å². The summed E-state index contributed by atoms with van der Waals surface area (Å²) in [6.45, 7) is 2.26. The van der Waals surface area contributed by atoms with Crippen molar-refractivity contribution in [2.45, 2.75) is 32.4 Å². The Kier molecular flexibility index (Phi) is 5.48. The van der Waals surface area contributed by atoms with E-state index in [1.54, 1.807) is 12.3 Å². The smallest absolute Gasteiger partial charge is 0.325 e. The highest BCUT2D eigenvalue weighted by Crippen LogP contribution is 2.29. The van der Waals surface area contributed by atoms with Gasteiger partial charge in [0.2, 0.25) is 0 Å². The number of fused-ring (bicyclic) bond motifs is 3. The van der Waals surface area contributed by atoms with Crippen molar-refractivity contribution in [2.24, 2.45) is 0 Å². The van der Waals surface area contributed by atoms with E-state index in [-0.39, 0.29) is 5.69 Å². The summed E-state index contributed by atoms with van der Waals surface area (Å²) >= 11 is 0. The Balaban J connectivity index is 1.65. The highest BCUT2D eigenvalue weighted by Gasteiger charge is 2.18. The van der Waals surface area contributed by atoms with Crippen LogP contribution in [0.3, 0.4) is 0 Å². The summed E-state index contributed by atoms with van der Waals surface area (Å²) in [6, 6.07) is 19.3. The number of aliphatic carboxylic acids is 1. The molecule has 2 N–H and O–H groups in total. The average Bonchev–Trinajstić information content (AvgIpc) is 3.07. The normalized spacial score (nSPS) is 12.2. The lowest BCUT2D eigenvalue weighted by atomic mass is 10.1. The number of carbonyl (C=O) groups excluding carboxylic acids is 1. The Morgan fingerprint density at radius 3 is 2.53 bits per heavy atom. The molecule has 0 spiro atoms. The molecule has 0 bridgehead atoms. The van der Waals surface area contributed by atoms with Crippen LogP contribution in [0.2, 0.25) is 0 Å². The SMILES string of the molecule is C[C@H](NC(=O)c1cc2c3ccccc3n(CCCc3ccccc3)c2cn1)C(=O)O. The number of carbonyl (C=O) groups is 2. The second-order valence-corrected chi connectivity index (χ2v) is 7.38. The molecular formula is C24H23N3O3. The van der Waals surface area contributed by atoms with Crippen molar-refractivity contribution >= 4 is 33.7 Å². The van der Waals surface area contributed by atoms with Gasteiger partial charge in [0, 0.05) is 22.8 Å². The first-order valence-electron chi connectivity index (χ1n) is 9.99. The molecule has 30 heavy (non-hydrogen) atoms. The fourth-order valence-electron chi connectivity index (χ4n) is 3.73. The van der Waals surface area contributed by atoms with Crippen molar-refractivity contribution in [1.82, 2.24) is 14.9 Å². The molecule has 2 aromatic carbocycles. The molecular weight excluding hydrogens is 378 g/mol. The summed E-state index contributed by atoms with van der Waals surface area (Å²) in [4.78, 5) is 27.8. The van der Waals surface area contributed by atoms with Gasteiger partial charge in [-0.2, -0.15) is 0 Å². The van der Waals surface area contributed by atoms with Crippen LogP contribution in [0, 0.1) is 0 Å². The first kappa shape index (κ1) is 19.6. The summed E-state index contributed by atoms with van der Waals surface area (Å²) in [5.74, 6) is -1.58. The first-order chi connectivity index (χ1) is 14.5. The van der Waals surface area contributed by atoms with Crippen molar-refractivity contribution in [3.8, 4) is 0 Å². The van der Waals surface area contributed by atoms with E-state index >= 15 is 0 Å². The lowest BCUT2D eigenvalue weighted by Crippen LogP contribution is -2.38. The van der Waals surface area contributed by atoms with Crippen LogP contribution in [0.4, 0.5) is 0 Å². The number of carboxylic acids is 1. The molecule has 0 fully saturated rings. The number of aromatic nitrogens is 2. The van der Waals surface area contributed by atoms with Gasteiger partial charge in [-0.15, -0.1) is 0 Å². The minimum Gasteiger partial charge on any atom is -0.480 e. The third kappa shape index (κ3) is 3.89. The van der Waals surface area contributed by atoms with E-state index in [1.165, 1.54) is 12.5 Å². The molecule has 6 heteroatoms. The Hall–Kier alpha value is -3.67. The second kappa shape index (κ2) is 8.37. The third-order valence-electron chi connectivity index (χ3n) is 5.30. The fourth-order valence-corrected chi connectivity index (χ4v) is 3.73. The second-order valence-electron chi connectivity index (χ2n) is 7.38. The minimum atomic E-state index is -1.08. The Bertz CT molecular complexity index is 1210. The van der Waals surface area contributed by atoms with Gasteiger partial charge in [-0.3, -0.25) is 9.59 Å². The zero-order chi connectivity index (χ0) is 21.1. The zero-order valence-electron chi connectivity index (χ0n) is 16.7. The lowest BCUT2D eigenvalue weighted by Gasteiger charge is -2.09. The van der Waals surface area contributed by atoms with Gasteiger partial charge in [0.15, 0.2) is 0 Å². The molecule has 0 aliphatic rings. The summed E-state index contributed by atoms with van der Waals surface area (Å²) in [5.41, 5.74) is 3.58. The average molecular weight is 401 g/mol. The molecule has 0 saturated heterocycles. The number of amides is 1. The van der Waals surface area contributed by atoms with Crippen LogP contribution in [0.1, 0.15) is 29.4 Å². The van der Waals surface area contributed by atoms with Crippen LogP contribution < -0.4 is 5.32 Å². The molecule has 0 aliphatic carbocycles. The highest BCUT2D eigenvalue weighted by molar-refractivity contribution is 6.10. The van der Waals surface area contributed by atoms with Crippen LogP contribution in [-0.4, -0.2) is 32.6 Å². The van der Waals surface area contributed by atoms with E-state index < -0.39 is 17.9 Å². The maximum Gasteiger partial charge on any atom is 0.325 e. The number of carboxylic acid groups (broad SMARTS) is 1. The molecule has 1 amide bonds. The van der Waals surface area contributed by atoms with Gasteiger partial charge in [0.25, 0.3) is 5.91 Å². The van der Waals surface area contributed by atoms with E-state index in [2.05, 4.69) is 45.2 Å². The van der Waals surface area contributed by atoms with Gasteiger partial charge in [0.1, 0.15) is 11.7 Å². The molecule has 4 aromatic rings. The molecule has 2 heterocycles. The molecule has 4 rings (SSSR count). The first-order valence-corrected chi connectivity index (χ1v) is 9.99. The highest BCUT2D eigenvalue weighted by atomic mass is 16.4. The standard InChI is InChI=1S/C24H23N3O3/c1-16(24(29)30)26-23(28)20-14-19-18-11-5-6-12-21(18)27(22(19)15-25-20)13-7-10-17-8-3-2-4-9-17/h2-6,8-9,11-12,14-16H,7,10,13H2,1H3,(H,26,28)(H,29,30)/t16-/m0/s1. The summed E-state index contributed by atoms with van der Waals surface area (Å²) < 4.78 is 2.24. The van der Waals surface area contributed by atoms with Crippen molar-refractivity contribution in [3.05, 3.63) is 78.1 Å². The molecule has 2 aromatic heterocycles. The van der Waals surface area contributed by atoms with Crippen LogP contribution in [-0.2, 0) is 17.8 Å². The maximum absolute atomic E-state index is 12.4. The van der Waals surface area contributed by atoms with E-state index in [1.807, 2.05) is 24.3 Å². The number of para-hydroxylation sites is 1. The van der Waals surface area contributed by atoms with Crippen LogP contribution in [0.5, 0.6) is 0 Å². The number of nitrogens with one attached hydrogen (secondary N) is 1. The monoisotopic (exact) mass is 401 g/mol. The number of hydrogen-bond donors (Lipinski definition) is 2. The van der Waals surface area contributed by atoms with Gasteiger partial charge in [-0.1, -0.05) is 48.5 Å². The van der Waals surface area contributed by atoms with Gasteiger partial charge in [0.05, 0.1) is 11.7 Å². The molecule has 0 unspecified atom stereocenters. The number of aryl methyl sites for hydroxylation is 2. The van der Waals surface area contributed by atoms with Gasteiger partial charge < -0.3 is 15.0 Å². The molecule has 0 radical (unpaired) electrons. The Labute approximate surface area is 174 Å². The predicted molar refractivity (Wildman–Crippen MR) is 117 cm³/mol. The zero-order valence-corrected chi connectivity index (χ0v) is 16.7. The number of rotatable bonds is 7. The van der Waals surface area contributed by atoms with E-state index in [0.717, 1.165) is 41.2 Å². The van der Waals surface area contributed by atoms with Crippen LogP contribution in [0.15, 0.2) is 66.9 Å². The van der Waals surface area contributed by atoms with Crippen molar-refractivity contribution < 1.29 is 14.7 Å². The largest absolute Gasteiger partial charge is 0.480 e. The van der Waals surface area contributed by atoms with Crippen molar-refractivity contribution in [3.63, 3.8) is 0 Å². The lowest BCUT2D eigenvalue weighted by molar-refractivity contribution is -0.138. The number of pyridine rings is 1. The minimum absolute atomic E-state index is 0.211. The predicted octanol–water partition coefficient (Wildman–Crippen LogP) is 4.03.